The third-order valence-electron chi connectivity index (χ3n) is 3.56. The molecule has 0 radical (unpaired) electrons. The maximum Gasteiger partial charge on any atom is 4.00 e. The smallest absolute Gasteiger partial charge is 0.260 e. The van der Waals surface area contributed by atoms with Gasteiger partial charge in [0.25, 0.3) is 0 Å². The first kappa shape index (κ1) is 32.0. The molecule has 0 saturated heterocycles. The Bertz CT molecular complexity index is 1030. The predicted octanol–water partition coefficient (Wildman–Crippen LogP) is 5.58. The van der Waals surface area contributed by atoms with Crippen molar-refractivity contribution in [3.05, 3.63) is 162 Å². The number of non-ortho nitro benzene ring substituents is 4. The van der Waals surface area contributed by atoms with Crippen molar-refractivity contribution in [3.8, 4) is 0 Å². The van der Waals surface area contributed by atoms with Crippen LogP contribution in [0.2, 0.25) is 0 Å². The van der Waals surface area contributed by atoms with Crippen molar-refractivity contribution in [2.45, 2.75) is 0 Å². The molecular formula is C24H16FeN4O8. The van der Waals surface area contributed by atoms with Crippen LogP contribution in [0, 0.1) is 64.7 Å². The van der Waals surface area contributed by atoms with Gasteiger partial charge in [-0.15, -0.1) is 24.3 Å². The van der Waals surface area contributed by atoms with Gasteiger partial charge in [0, 0.05) is 19.7 Å². The molecule has 13 heteroatoms. The predicted molar refractivity (Wildman–Crippen MR) is 128 cm³/mol. The Morgan fingerprint density at radius 2 is 0.595 bits per heavy atom. The minimum absolute atomic E-state index is 0. The van der Waals surface area contributed by atoms with Crippen LogP contribution in [0.5, 0.6) is 0 Å². The number of rotatable bonds is 4. The summed E-state index contributed by atoms with van der Waals surface area (Å²) < 4.78 is 0. The molecule has 188 valence electrons. The van der Waals surface area contributed by atoms with E-state index in [0.717, 1.165) is 0 Å². The van der Waals surface area contributed by atoms with Crippen LogP contribution in [0.25, 0.3) is 0 Å². The number of hydrogen-bond acceptors (Lipinski definition) is 8. The number of nitro groups is 4. The Morgan fingerprint density at radius 1 is 0.405 bits per heavy atom. The number of nitrogens with zero attached hydrogens (tertiary/aromatic N) is 4. The minimum Gasteiger partial charge on any atom is -0.260 e. The maximum atomic E-state index is 9.98. The summed E-state index contributed by atoms with van der Waals surface area (Å²) in [4.78, 5) is 38.0. The zero-order valence-corrected chi connectivity index (χ0v) is 19.8. The first-order valence-electron chi connectivity index (χ1n) is 9.66. The van der Waals surface area contributed by atoms with Gasteiger partial charge in [0.15, 0.2) is 22.7 Å². The molecule has 4 rings (SSSR count). The Labute approximate surface area is 221 Å². The zero-order chi connectivity index (χ0) is 26.8. The molecule has 0 aromatic heterocycles. The van der Waals surface area contributed by atoms with E-state index in [2.05, 4.69) is 24.3 Å². The van der Waals surface area contributed by atoms with Crippen LogP contribution in [0.3, 0.4) is 0 Å². The van der Waals surface area contributed by atoms with Gasteiger partial charge in [-0.3, -0.25) is 40.5 Å². The number of hydrogen-bond donors (Lipinski definition) is 0. The Balaban J connectivity index is 0.000000463. The van der Waals surface area contributed by atoms with E-state index < -0.39 is 19.7 Å². The Morgan fingerprint density at radius 3 is 0.676 bits per heavy atom. The largest absolute Gasteiger partial charge is 4.00 e. The van der Waals surface area contributed by atoms with Crippen LogP contribution in [-0.4, -0.2) is 19.7 Å². The number of para-hydroxylation sites is 4. The van der Waals surface area contributed by atoms with Crippen molar-refractivity contribution in [2.24, 2.45) is 0 Å². The van der Waals surface area contributed by atoms with E-state index in [0.29, 0.717) is 0 Å². The summed E-state index contributed by atoms with van der Waals surface area (Å²) in [7, 11) is 0. The van der Waals surface area contributed by atoms with Crippen molar-refractivity contribution in [2.75, 3.05) is 0 Å². The molecule has 0 aliphatic heterocycles. The summed E-state index contributed by atoms with van der Waals surface area (Å²) >= 11 is 0. The molecule has 4 aromatic carbocycles. The van der Waals surface area contributed by atoms with Crippen LogP contribution in [-0.2, 0) is 17.1 Å². The minimum atomic E-state index is -0.472. The second-order valence-electron chi connectivity index (χ2n) is 6.02. The average Bonchev–Trinajstić information content (AvgIpc) is 2.92. The summed E-state index contributed by atoms with van der Waals surface area (Å²) in [6.45, 7) is 0. The Kier molecular flexibility index (Phi) is 15.9. The van der Waals surface area contributed by atoms with Crippen molar-refractivity contribution in [3.63, 3.8) is 0 Å². The molecule has 37 heavy (non-hydrogen) atoms. The second-order valence-corrected chi connectivity index (χ2v) is 6.02. The molecular weight excluding hydrogens is 528 g/mol. The van der Waals surface area contributed by atoms with Crippen LogP contribution >= 0.6 is 0 Å². The first-order chi connectivity index (χ1) is 17.2. The molecule has 0 amide bonds. The number of nitro benzene ring substituents is 4. The van der Waals surface area contributed by atoms with E-state index >= 15 is 0 Å². The Hall–Kier alpha value is -5.00. The molecule has 0 N–H and O–H groups in total. The van der Waals surface area contributed by atoms with Crippen LogP contribution in [0.15, 0.2) is 97.1 Å². The van der Waals surface area contributed by atoms with Crippen molar-refractivity contribution >= 4 is 22.7 Å². The van der Waals surface area contributed by atoms with Crippen molar-refractivity contribution in [1.29, 1.82) is 0 Å². The third kappa shape index (κ3) is 14.1. The monoisotopic (exact) mass is 544 g/mol. The molecule has 0 spiro atoms. The first-order valence-corrected chi connectivity index (χ1v) is 9.66. The van der Waals surface area contributed by atoms with E-state index in [-0.39, 0.29) is 39.8 Å². The maximum absolute atomic E-state index is 9.98. The van der Waals surface area contributed by atoms with Crippen LogP contribution in [0.4, 0.5) is 22.7 Å². The van der Waals surface area contributed by atoms with E-state index in [1.165, 1.54) is 48.5 Å². The molecule has 0 unspecified atom stereocenters. The van der Waals surface area contributed by atoms with Gasteiger partial charge in [0.1, 0.15) is 0 Å². The molecule has 0 fully saturated rings. The summed E-state index contributed by atoms with van der Waals surface area (Å²) in [6.07, 6.45) is 0. The molecule has 4 aromatic rings. The van der Waals surface area contributed by atoms with E-state index in [9.17, 15) is 40.5 Å². The van der Waals surface area contributed by atoms with Gasteiger partial charge in [-0.2, -0.15) is 72.8 Å². The van der Waals surface area contributed by atoms with Gasteiger partial charge >= 0.3 is 17.1 Å². The van der Waals surface area contributed by atoms with Crippen molar-refractivity contribution < 1.29 is 36.8 Å². The standard InChI is InChI=1S/4C6H4NO2.Fe/c4*8-7(9)6-4-2-1-3-5-6;/h4*1-4H;/q4*-1;+4. The quantitative estimate of drug-likeness (QED) is 0.139. The van der Waals surface area contributed by atoms with Gasteiger partial charge in [0.2, 0.25) is 0 Å². The molecule has 0 aliphatic carbocycles. The summed E-state index contributed by atoms with van der Waals surface area (Å²) in [5.41, 5.74) is 0.0463. The molecule has 0 bridgehead atoms. The summed E-state index contributed by atoms with van der Waals surface area (Å²) in [5, 5.41) is 39.9. The van der Waals surface area contributed by atoms with E-state index in [4.69, 9.17) is 0 Å². The van der Waals surface area contributed by atoms with E-state index in [1.54, 1.807) is 48.5 Å². The van der Waals surface area contributed by atoms with Crippen LogP contribution in [0.1, 0.15) is 0 Å². The SMILES string of the molecule is O=[N+]([O-])c1[c-]cccc1.O=[N+]([O-])c1[c-]cccc1.O=[N+]([O-])c1[c-]cccc1.O=[N+]([O-])c1[c-]cccc1.[Fe+4]. The molecule has 12 nitrogen and oxygen atoms in total. The van der Waals surface area contributed by atoms with Gasteiger partial charge in [-0.05, 0) is 0 Å². The van der Waals surface area contributed by atoms with Gasteiger partial charge in [-0.25, -0.2) is 0 Å². The van der Waals surface area contributed by atoms with Gasteiger partial charge in [0.05, 0.1) is 0 Å². The fourth-order valence-electron chi connectivity index (χ4n) is 1.99. The van der Waals surface area contributed by atoms with Gasteiger partial charge in [-0.1, -0.05) is 24.3 Å². The van der Waals surface area contributed by atoms with Crippen molar-refractivity contribution in [1.82, 2.24) is 0 Å². The molecule has 0 aliphatic rings. The molecule has 0 atom stereocenters. The fraction of sp³-hybridized carbons (Fsp3) is 0. The summed E-state index contributed by atoms with van der Waals surface area (Å²) in [6, 6.07) is 34.7. The molecule has 0 heterocycles. The zero-order valence-electron chi connectivity index (χ0n) is 18.6. The van der Waals surface area contributed by atoms with E-state index in [1.807, 2.05) is 0 Å². The number of benzene rings is 4. The summed E-state index contributed by atoms with van der Waals surface area (Å²) in [5.74, 6) is 0. The average molecular weight is 544 g/mol. The second kappa shape index (κ2) is 18.3. The van der Waals surface area contributed by atoms with Gasteiger partial charge < -0.3 is 0 Å². The fourth-order valence-corrected chi connectivity index (χ4v) is 1.99. The topological polar surface area (TPSA) is 173 Å². The normalized spacial score (nSPS) is 8.65. The molecule has 0 saturated carbocycles. The third-order valence-corrected chi connectivity index (χ3v) is 3.56. The van der Waals surface area contributed by atoms with Crippen LogP contribution < -0.4 is 0 Å².